The molecule has 0 aliphatic heterocycles. The number of nitrogens with two attached hydrogens (primary N) is 1. The first-order valence-corrected chi connectivity index (χ1v) is 9.57. The Morgan fingerprint density at radius 1 is 1.31 bits per heavy atom. The lowest BCUT2D eigenvalue weighted by molar-refractivity contribution is -0.121. The van der Waals surface area contributed by atoms with Gasteiger partial charge in [0.25, 0.3) is 0 Å². The van der Waals surface area contributed by atoms with E-state index in [1.807, 2.05) is 58.9 Å². The van der Waals surface area contributed by atoms with Crippen LogP contribution < -0.4 is 15.9 Å². The summed E-state index contributed by atoms with van der Waals surface area (Å²) in [5, 5.41) is 11.5. The van der Waals surface area contributed by atoms with Crippen LogP contribution in [0.25, 0.3) is 11.4 Å². The van der Waals surface area contributed by atoms with E-state index in [4.69, 9.17) is 10.6 Å². The lowest BCUT2D eigenvalue weighted by atomic mass is 10.0. The minimum Gasteiger partial charge on any atom is -0.494 e. The standard InChI is InChI=1S/C18H27N5O2S/c1-6-18(4,5)20-16(24)12(3)26-17-22-21-15(23(17)19)13-8-10-14(11-9-13)25-7-2/h8-12H,6-7,19H2,1-5H3,(H,20,24). The van der Waals surface area contributed by atoms with E-state index in [9.17, 15) is 4.79 Å². The van der Waals surface area contributed by atoms with E-state index in [0.29, 0.717) is 17.6 Å². The summed E-state index contributed by atoms with van der Waals surface area (Å²) in [4.78, 5) is 12.4. The maximum absolute atomic E-state index is 12.4. The molecule has 0 saturated heterocycles. The SMILES string of the molecule is CCOc1ccc(-c2nnc(SC(C)C(=O)NC(C)(C)CC)n2N)cc1. The third kappa shape index (κ3) is 4.91. The molecule has 0 saturated carbocycles. The number of rotatable bonds is 8. The summed E-state index contributed by atoms with van der Waals surface area (Å²) in [7, 11) is 0. The molecule has 0 fully saturated rings. The summed E-state index contributed by atoms with van der Waals surface area (Å²) in [6.07, 6.45) is 0.852. The molecule has 1 amide bonds. The fourth-order valence-corrected chi connectivity index (χ4v) is 2.93. The normalized spacial score (nSPS) is 12.7. The Morgan fingerprint density at radius 2 is 1.96 bits per heavy atom. The Balaban J connectivity index is 2.09. The summed E-state index contributed by atoms with van der Waals surface area (Å²) < 4.78 is 6.85. The molecule has 0 bridgehead atoms. The van der Waals surface area contributed by atoms with Crippen LogP contribution in [0.15, 0.2) is 29.4 Å². The van der Waals surface area contributed by atoms with Gasteiger partial charge in [-0.3, -0.25) is 4.79 Å². The second-order valence-electron chi connectivity index (χ2n) is 6.62. The maximum Gasteiger partial charge on any atom is 0.233 e. The van der Waals surface area contributed by atoms with Crippen LogP contribution in [0.3, 0.4) is 0 Å². The highest BCUT2D eigenvalue weighted by Gasteiger charge is 2.24. The van der Waals surface area contributed by atoms with Crippen LogP contribution in [-0.4, -0.2) is 38.2 Å². The molecule has 142 valence electrons. The van der Waals surface area contributed by atoms with E-state index in [1.165, 1.54) is 16.4 Å². The Morgan fingerprint density at radius 3 is 2.54 bits per heavy atom. The molecule has 8 heteroatoms. The van der Waals surface area contributed by atoms with Gasteiger partial charge in [-0.15, -0.1) is 10.2 Å². The average Bonchev–Trinajstić information content (AvgIpc) is 2.96. The van der Waals surface area contributed by atoms with E-state index in [2.05, 4.69) is 15.5 Å². The molecule has 2 aromatic rings. The van der Waals surface area contributed by atoms with Crippen LogP contribution >= 0.6 is 11.8 Å². The smallest absolute Gasteiger partial charge is 0.233 e. The molecule has 1 heterocycles. The van der Waals surface area contributed by atoms with Gasteiger partial charge in [-0.2, -0.15) is 0 Å². The van der Waals surface area contributed by atoms with Crippen molar-refractivity contribution in [2.24, 2.45) is 0 Å². The number of nitrogens with one attached hydrogen (secondary N) is 1. The highest BCUT2D eigenvalue weighted by molar-refractivity contribution is 8.00. The quantitative estimate of drug-likeness (QED) is 0.542. The Hall–Kier alpha value is -2.22. The van der Waals surface area contributed by atoms with Crippen molar-refractivity contribution >= 4 is 17.7 Å². The first-order chi connectivity index (χ1) is 12.3. The fourth-order valence-electron chi connectivity index (χ4n) is 2.16. The van der Waals surface area contributed by atoms with Gasteiger partial charge >= 0.3 is 0 Å². The second kappa shape index (κ2) is 8.44. The Kier molecular flexibility index (Phi) is 6.52. The maximum atomic E-state index is 12.4. The largest absolute Gasteiger partial charge is 0.494 e. The van der Waals surface area contributed by atoms with Crippen molar-refractivity contribution in [2.45, 2.75) is 57.0 Å². The number of ether oxygens (including phenoxy) is 1. The first kappa shape index (κ1) is 20.1. The van der Waals surface area contributed by atoms with Gasteiger partial charge < -0.3 is 15.9 Å². The van der Waals surface area contributed by atoms with Gasteiger partial charge in [0, 0.05) is 11.1 Å². The topological polar surface area (TPSA) is 95.1 Å². The van der Waals surface area contributed by atoms with Crippen molar-refractivity contribution in [1.82, 2.24) is 20.2 Å². The molecular weight excluding hydrogens is 350 g/mol. The zero-order chi connectivity index (χ0) is 19.3. The van der Waals surface area contributed by atoms with E-state index in [-0.39, 0.29) is 16.7 Å². The average molecular weight is 378 g/mol. The molecule has 0 aliphatic rings. The van der Waals surface area contributed by atoms with Crippen LogP contribution in [0.2, 0.25) is 0 Å². The van der Waals surface area contributed by atoms with E-state index < -0.39 is 0 Å². The number of nitrogens with zero attached hydrogens (tertiary/aromatic N) is 3. The van der Waals surface area contributed by atoms with Crippen molar-refractivity contribution in [3.05, 3.63) is 24.3 Å². The number of nitrogen functional groups attached to an aromatic ring is 1. The van der Waals surface area contributed by atoms with Crippen molar-refractivity contribution in [1.29, 1.82) is 0 Å². The minimum atomic E-state index is -0.333. The number of hydrogen-bond donors (Lipinski definition) is 2. The number of thioether (sulfide) groups is 1. The summed E-state index contributed by atoms with van der Waals surface area (Å²) >= 11 is 1.28. The minimum absolute atomic E-state index is 0.0486. The first-order valence-electron chi connectivity index (χ1n) is 8.69. The highest BCUT2D eigenvalue weighted by Crippen LogP contribution is 2.26. The van der Waals surface area contributed by atoms with Gasteiger partial charge in [0.15, 0.2) is 5.82 Å². The summed E-state index contributed by atoms with van der Waals surface area (Å²) in [5.74, 6) is 7.42. The van der Waals surface area contributed by atoms with Crippen molar-refractivity contribution in [2.75, 3.05) is 12.4 Å². The predicted octanol–water partition coefficient (Wildman–Crippen LogP) is 2.84. The van der Waals surface area contributed by atoms with Gasteiger partial charge in [-0.25, -0.2) is 4.68 Å². The molecule has 26 heavy (non-hydrogen) atoms. The molecule has 1 aromatic carbocycles. The number of carbonyl (C=O) groups excluding carboxylic acids is 1. The summed E-state index contributed by atoms with van der Waals surface area (Å²) in [6.45, 7) is 10.4. The molecule has 1 atom stereocenters. The second-order valence-corrected chi connectivity index (χ2v) is 7.93. The highest BCUT2D eigenvalue weighted by atomic mass is 32.2. The van der Waals surface area contributed by atoms with Gasteiger partial charge in [-0.1, -0.05) is 18.7 Å². The number of amides is 1. The molecule has 3 N–H and O–H groups in total. The van der Waals surface area contributed by atoms with Crippen LogP contribution in [0.1, 0.15) is 41.0 Å². The van der Waals surface area contributed by atoms with Crippen LogP contribution in [0.4, 0.5) is 0 Å². The monoisotopic (exact) mass is 377 g/mol. The number of carbonyl (C=O) groups is 1. The van der Waals surface area contributed by atoms with Crippen molar-refractivity contribution in [3.63, 3.8) is 0 Å². The van der Waals surface area contributed by atoms with Crippen LogP contribution in [0.5, 0.6) is 5.75 Å². The number of aromatic nitrogens is 3. The zero-order valence-electron chi connectivity index (χ0n) is 15.9. The molecule has 0 radical (unpaired) electrons. The molecule has 0 spiro atoms. The van der Waals surface area contributed by atoms with E-state index >= 15 is 0 Å². The predicted molar refractivity (Wildman–Crippen MR) is 105 cm³/mol. The molecule has 7 nitrogen and oxygen atoms in total. The molecule has 0 aliphatic carbocycles. The molecular formula is C18H27N5O2S. The van der Waals surface area contributed by atoms with Gasteiger partial charge in [-0.05, 0) is 58.4 Å². The van der Waals surface area contributed by atoms with Gasteiger partial charge in [0.2, 0.25) is 11.1 Å². The molecule has 2 rings (SSSR count). The summed E-state index contributed by atoms with van der Waals surface area (Å²) in [6, 6.07) is 7.49. The third-order valence-corrected chi connectivity index (χ3v) is 5.14. The lowest BCUT2D eigenvalue weighted by Crippen LogP contribution is -2.46. The molecule has 1 aromatic heterocycles. The van der Waals surface area contributed by atoms with E-state index in [0.717, 1.165) is 17.7 Å². The summed E-state index contributed by atoms with van der Waals surface area (Å²) in [5.41, 5.74) is 0.593. The molecule has 1 unspecified atom stereocenters. The van der Waals surface area contributed by atoms with E-state index in [1.54, 1.807) is 0 Å². The zero-order valence-corrected chi connectivity index (χ0v) is 16.8. The number of benzene rings is 1. The van der Waals surface area contributed by atoms with Gasteiger partial charge in [0.1, 0.15) is 5.75 Å². The number of hydrogen-bond acceptors (Lipinski definition) is 6. The fraction of sp³-hybridized carbons (Fsp3) is 0.500. The van der Waals surface area contributed by atoms with Crippen molar-refractivity contribution in [3.8, 4) is 17.1 Å². The lowest BCUT2D eigenvalue weighted by Gasteiger charge is -2.26. The Labute approximate surface area is 158 Å². The van der Waals surface area contributed by atoms with Gasteiger partial charge in [0.05, 0.1) is 11.9 Å². The van der Waals surface area contributed by atoms with Crippen molar-refractivity contribution < 1.29 is 9.53 Å². The third-order valence-electron chi connectivity index (χ3n) is 4.08. The Bertz CT molecular complexity index is 743. The van der Waals surface area contributed by atoms with Crippen LogP contribution in [-0.2, 0) is 4.79 Å². The van der Waals surface area contributed by atoms with Crippen LogP contribution in [0, 0.1) is 0 Å².